The molecule has 0 saturated heterocycles. The molecule has 4 aromatic carbocycles. The van der Waals surface area contributed by atoms with E-state index in [1.165, 1.54) is 33.4 Å². The number of carbonyl (C=O) groups excluding carboxylic acids is 1. The summed E-state index contributed by atoms with van der Waals surface area (Å²) < 4.78 is 4.97. The highest BCUT2D eigenvalue weighted by molar-refractivity contribution is 6.61. The summed E-state index contributed by atoms with van der Waals surface area (Å²) in [7, 11) is 0. The van der Waals surface area contributed by atoms with Crippen molar-refractivity contribution in [3.63, 3.8) is 0 Å². The molecule has 0 radical (unpaired) electrons. The van der Waals surface area contributed by atoms with Gasteiger partial charge in [0.05, 0.1) is 0 Å². The minimum absolute atomic E-state index is 0.0834. The first-order valence-corrected chi connectivity index (χ1v) is 10.8. The Morgan fingerprint density at radius 2 is 1.22 bits per heavy atom. The van der Waals surface area contributed by atoms with Crippen molar-refractivity contribution in [2.75, 3.05) is 6.61 Å². The number of aromatic hydroxyl groups is 1. The van der Waals surface area contributed by atoms with Gasteiger partial charge in [0, 0.05) is 17.5 Å². The van der Waals surface area contributed by atoms with Crippen LogP contribution >= 0.6 is 11.6 Å². The molecule has 0 bridgehead atoms. The van der Waals surface area contributed by atoms with Gasteiger partial charge >= 0.3 is 5.43 Å². The lowest BCUT2D eigenvalue weighted by Gasteiger charge is -2.12. The molecule has 0 saturated carbocycles. The fourth-order valence-corrected chi connectivity index (χ4v) is 4.10. The molecule has 1 N–H and O–H groups in total. The molecule has 0 unspecified atom stereocenters. The standard InChI is InChI=1S/C15H11ClO2.C13H12O/c16-15(17)18-9-14-12-7-3-1-5-10(12)11-6-2-4-8-13(11)14;14-13-8-6-12(7-9-13)10-11-4-2-1-3-5-11/h1-8,14H,9H2;1-9,14H,10H2. The summed E-state index contributed by atoms with van der Waals surface area (Å²) in [5.41, 5.74) is 6.56. The van der Waals surface area contributed by atoms with Gasteiger partial charge in [-0.25, -0.2) is 4.79 Å². The fourth-order valence-electron chi connectivity index (χ4n) is 4.03. The van der Waals surface area contributed by atoms with Gasteiger partial charge in [-0.3, -0.25) is 0 Å². The number of carbonyl (C=O) groups is 1. The molecule has 1 aliphatic carbocycles. The average molecular weight is 443 g/mol. The van der Waals surface area contributed by atoms with Crippen LogP contribution in [0.2, 0.25) is 0 Å². The van der Waals surface area contributed by atoms with E-state index < -0.39 is 5.43 Å². The third-order valence-electron chi connectivity index (χ3n) is 5.51. The molecule has 1 aliphatic rings. The lowest BCUT2D eigenvalue weighted by Crippen LogP contribution is -2.07. The molecule has 4 heteroatoms. The highest BCUT2D eigenvalue weighted by Gasteiger charge is 2.28. The molecular formula is C28H23ClO3. The Kier molecular flexibility index (Phi) is 6.88. The van der Waals surface area contributed by atoms with Crippen molar-refractivity contribution in [1.82, 2.24) is 0 Å². The molecule has 0 amide bonds. The van der Waals surface area contributed by atoms with E-state index in [4.69, 9.17) is 21.4 Å². The predicted octanol–water partition coefficient (Wildman–Crippen LogP) is 7.16. The Balaban J connectivity index is 0.000000158. The minimum Gasteiger partial charge on any atom is -0.508 e. The third kappa shape index (κ3) is 5.19. The van der Waals surface area contributed by atoms with Crippen LogP contribution in [-0.4, -0.2) is 17.1 Å². The summed E-state index contributed by atoms with van der Waals surface area (Å²) in [6, 6.07) is 34.0. The summed E-state index contributed by atoms with van der Waals surface area (Å²) in [5, 5.41) is 9.12. The number of fused-ring (bicyclic) bond motifs is 3. The van der Waals surface area contributed by atoms with E-state index in [9.17, 15) is 4.79 Å². The largest absolute Gasteiger partial charge is 0.508 e. The first-order valence-electron chi connectivity index (χ1n) is 10.4. The van der Waals surface area contributed by atoms with Crippen LogP contribution in [0.4, 0.5) is 4.79 Å². The van der Waals surface area contributed by atoms with Gasteiger partial charge in [0.25, 0.3) is 0 Å². The van der Waals surface area contributed by atoms with Crippen LogP contribution in [0.25, 0.3) is 11.1 Å². The monoisotopic (exact) mass is 442 g/mol. The lowest BCUT2D eigenvalue weighted by molar-refractivity contribution is 0.170. The molecule has 0 heterocycles. The summed E-state index contributed by atoms with van der Waals surface area (Å²) in [5.74, 6) is 0.405. The van der Waals surface area contributed by atoms with E-state index in [0.29, 0.717) is 5.75 Å². The summed E-state index contributed by atoms with van der Waals surface area (Å²) >= 11 is 5.25. The highest BCUT2D eigenvalue weighted by Crippen LogP contribution is 2.44. The second kappa shape index (κ2) is 10.2. The van der Waals surface area contributed by atoms with Crippen LogP contribution in [-0.2, 0) is 11.2 Å². The third-order valence-corrected chi connectivity index (χ3v) is 5.62. The van der Waals surface area contributed by atoms with E-state index in [1.54, 1.807) is 12.1 Å². The molecule has 0 spiro atoms. The van der Waals surface area contributed by atoms with Gasteiger partial charge < -0.3 is 9.84 Å². The van der Waals surface area contributed by atoms with Gasteiger partial charge in [-0.05, 0) is 51.9 Å². The Morgan fingerprint density at radius 1 is 0.719 bits per heavy atom. The Bertz CT molecular complexity index is 1140. The van der Waals surface area contributed by atoms with E-state index >= 15 is 0 Å². The number of phenolic OH excluding ortho intramolecular Hbond substituents is 1. The van der Waals surface area contributed by atoms with Gasteiger partial charge in [-0.15, -0.1) is 0 Å². The molecule has 0 atom stereocenters. The Hall–Kier alpha value is -3.56. The number of hydrogen-bond acceptors (Lipinski definition) is 3. The van der Waals surface area contributed by atoms with Crippen molar-refractivity contribution in [2.24, 2.45) is 0 Å². The van der Waals surface area contributed by atoms with E-state index in [1.807, 2.05) is 54.6 Å². The van der Waals surface area contributed by atoms with Crippen molar-refractivity contribution in [3.8, 4) is 16.9 Å². The first kappa shape index (κ1) is 21.7. The highest BCUT2D eigenvalue weighted by atomic mass is 35.5. The molecule has 0 fully saturated rings. The van der Waals surface area contributed by atoms with Crippen LogP contribution in [0, 0.1) is 0 Å². The molecular weight excluding hydrogens is 420 g/mol. The summed E-state index contributed by atoms with van der Waals surface area (Å²) in [6.07, 6.45) is 0.918. The van der Waals surface area contributed by atoms with E-state index in [2.05, 4.69) is 36.4 Å². The zero-order valence-electron chi connectivity index (χ0n) is 17.4. The molecule has 5 rings (SSSR count). The van der Waals surface area contributed by atoms with E-state index in [-0.39, 0.29) is 12.5 Å². The number of halogens is 1. The maximum Gasteiger partial charge on any atom is 0.403 e. The average Bonchev–Trinajstić information content (AvgIpc) is 3.14. The molecule has 160 valence electrons. The molecule has 3 nitrogen and oxygen atoms in total. The number of hydrogen-bond donors (Lipinski definition) is 1. The van der Waals surface area contributed by atoms with Gasteiger partial charge in [-0.1, -0.05) is 91.0 Å². The van der Waals surface area contributed by atoms with Crippen LogP contribution in [0.1, 0.15) is 28.2 Å². The molecule has 0 aliphatic heterocycles. The SMILES string of the molecule is O=C(Cl)OCC1c2ccccc2-c2ccccc21.Oc1ccc(Cc2ccccc2)cc1. The normalized spacial score (nSPS) is 11.7. The van der Waals surface area contributed by atoms with Crippen molar-refractivity contribution >= 4 is 17.0 Å². The van der Waals surface area contributed by atoms with Crippen molar-refractivity contribution in [1.29, 1.82) is 0 Å². The molecule has 0 aromatic heterocycles. The number of rotatable bonds is 4. The van der Waals surface area contributed by atoms with Crippen LogP contribution in [0.3, 0.4) is 0 Å². The van der Waals surface area contributed by atoms with Crippen LogP contribution < -0.4 is 0 Å². The summed E-state index contributed by atoms with van der Waals surface area (Å²) in [6.45, 7) is 0.288. The zero-order valence-corrected chi connectivity index (χ0v) is 18.2. The molecule has 32 heavy (non-hydrogen) atoms. The van der Waals surface area contributed by atoms with Gasteiger partial charge in [-0.2, -0.15) is 0 Å². The van der Waals surface area contributed by atoms with Crippen LogP contribution in [0.15, 0.2) is 103 Å². The number of phenols is 1. The van der Waals surface area contributed by atoms with Crippen molar-refractivity contribution in [3.05, 3.63) is 125 Å². The Morgan fingerprint density at radius 3 is 1.78 bits per heavy atom. The second-order valence-electron chi connectivity index (χ2n) is 7.60. The number of ether oxygens (including phenoxy) is 1. The van der Waals surface area contributed by atoms with E-state index in [0.717, 1.165) is 6.42 Å². The smallest absolute Gasteiger partial charge is 0.403 e. The topological polar surface area (TPSA) is 46.5 Å². The zero-order chi connectivity index (χ0) is 22.3. The fraction of sp³-hybridized carbons (Fsp3) is 0.107. The quantitative estimate of drug-likeness (QED) is 0.341. The van der Waals surface area contributed by atoms with Crippen LogP contribution in [0.5, 0.6) is 5.75 Å². The number of benzene rings is 4. The van der Waals surface area contributed by atoms with Gasteiger partial charge in [0.2, 0.25) is 0 Å². The maximum absolute atomic E-state index is 10.8. The Labute approximate surface area is 192 Å². The minimum atomic E-state index is -0.753. The van der Waals surface area contributed by atoms with Gasteiger partial charge in [0.1, 0.15) is 12.4 Å². The first-order chi connectivity index (χ1) is 15.6. The predicted molar refractivity (Wildman–Crippen MR) is 128 cm³/mol. The van der Waals surface area contributed by atoms with Crippen molar-refractivity contribution < 1.29 is 14.6 Å². The second-order valence-corrected chi connectivity index (χ2v) is 7.91. The van der Waals surface area contributed by atoms with Gasteiger partial charge in [0.15, 0.2) is 0 Å². The maximum atomic E-state index is 10.8. The lowest BCUT2D eigenvalue weighted by atomic mass is 9.98. The summed E-state index contributed by atoms with van der Waals surface area (Å²) in [4.78, 5) is 10.8. The molecule has 4 aromatic rings. The van der Waals surface area contributed by atoms with Crippen molar-refractivity contribution in [2.45, 2.75) is 12.3 Å².